The summed E-state index contributed by atoms with van der Waals surface area (Å²) in [5, 5.41) is 11.1. The standard InChI is InChI=1S/C14H27NO5/c1-2-3-4-9-19-11-12-20-10-5-8-15-13(16)6-7-14(17)18/h2-12H2,1H3,(H,15,16)(H,17,18). The Morgan fingerprint density at radius 1 is 0.950 bits per heavy atom. The fourth-order valence-corrected chi connectivity index (χ4v) is 1.49. The molecule has 0 rings (SSSR count). The van der Waals surface area contributed by atoms with Gasteiger partial charge in [0.15, 0.2) is 0 Å². The third-order valence-corrected chi connectivity index (χ3v) is 2.62. The van der Waals surface area contributed by atoms with E-state index in [-0.39, 0.29) is 18.7 Å². The summed E-state index contributed by atoms with van der Waals surface area (Å²) < 4.78 is 10.7. The van der Waals surface area contributed by atoms with Gasteiger partial charge < -0.3 is 19.9 Å². The van der Waals surface area contributed by atoms with Crippen molar-refractivity contribution in [3.05, 3.63) is 0 Å². The zero-order valence-corrected chi connectivity index (χ0v) is 12.4. The molecule has 0 radical (unpaired) electrons. The molecule has 1 amide bonds. The van der Waals surface area contributed by atoms with Gasteiger partial charge in [-0.3, -0.25) is 9.59 Å². The molecule has 0 spiro atoms. The summed E-state index contributed by atoms with van der Waals surface area (Å²) in [5.74, 6) is -1.19. The van der Waals surface area contributed by atoms with Crippen molar-refractivity contribution in [2.75, 3.05) is 33.0 Å². The van der Waals surface area contributed by atoms with Crippen LogP contribution < -0.4 is 5.32 Å². The van der Waals surface area contributed by atoms with E-state index in [1.165, 1.54) is 12.8 Å². The maximum Gasteiger partial charge on any atom is 0.303 e. The molecule has 0 bridgehead atoms. The number of carbonyl (C=O) groups excluding carboxylic acids is 1. The van der Waals surface area contributed by atoms with E-state index in [1.54, 1.807) is 0 Å². The Morgan fingerprint density at radius 3 is 2.20 bits per heavy atom. The lowest BCUT2D eigenvalue weighted by Gasteiger charge is -2.06. The summed E-state index contributed by atoms with van der Waals surface area (Å²) in [7, 11) is 0. The first-order valence-electron chi connectivity index (χ1n) is 7.30. The number of carbonyl (C=O) groups is 2. The van der Waals surface area contributed by atoms with Crippen LogP contribution in [-0.4, -0.2) is 50.0 Å². The van der Waals surface area contributed by atoms with E-state index in [2.05, 4.69) is 12.2 Å². The zero-order chi connectivity index (χ0) is 15.1. The molecule has 0 aliphatic carbocycles. The van der Waals surface area contributed by atoms with Crippen LogP contribution in [0, 0.1) is 0 Å². The van der Waals surface area contributed by atoms with E-state index in [4.69, 9.17) is 14.6 Å². The summed E-state index contributed by atoms with van der Waals surface area (Å²) in [6.07, 6.45) is 4.10. The van der Waals surface area contributed by atoms with Gasteiger partial charge in [-0.25, -0.2) is 0 Å². The van der Waals surface area contributed by atoms with Gasteiger partial charge in [-0.15, -0.1) is 0 Å². The molecule has 0 aliphatic rings. The average Bonchev–Trinajstić information content (AvgIpc) is 2.42. The SMILES string of the molecule is CCCCCOCCOCCCNC(=O)CCC(=O)O. The topological polar surface area (TPSA) is 84.9 Å². The van der Waals surface area contributed by atoms with Gasteiger partial charge in [0.2, 0.25) is 5.91 Å². The van der Waals surface area contributed by atoms with Crippen molar-refractivity contribution in [2.45, 2.75) is 45.4 Å². The van der Waals surface area contributed by atoms with Crippen molar-refractivity contribution in [3.63, 3.8) is 0 Å². The third kappa shape index (κ3) is 14.9. The molecular weight excluding hydrogens is 262 g/mol. The molecule has 0 aromatic carbocycles. The van der Waals surface area contributed by atoms with Crippen LogP contribution >= 0.6 is 0 Å². The zero-order valence-electron chi connectivity index (χ0n) is 12.4. The van der Waals surface area contributed by atoms with Crippen molar-refractivity contribution in [1.82, 2.24) is 5.32 Å². The lowest BCUT2D eigenvalue weighted by atomic mass is 10.3. The lowest BCUT2D eigenvalue weighted by Crippen LogP contribution is -2.25. The van der Waals surface area contributed by atoms with Crippen molar-refractivity contribution < 1.29 is 24.2 Å². The Hall–Kier alpha value is -1.14. The summed E-state index contributed by atoms with van der Waals surface area (Å²) in [6, 6.07) is 0. The van der Waals surface area contributed by atoms with E-state index in [9.17, 15) is 9.59 Å². The third-order valence-electron chi connectivity index (χ3n) is 2.62. The van der Waals surface area contributed by atoms with E-state index in [0.29, 0.717) is 32.8 Å². The van der Waals surface area contributed by atoms with Gasteiger partial charge in [0, 0.05) is 26.2 Å². The Balaban J connectivity index is 3.12. The largest absolute Gasteiger partial charge is 0.481 e. The quantitative estimate of drug-likeness (QED) is 0.474. The fourth-order valence-electron chi connectivity index (χ4n) is 1.49. The minimum Gasteiger partial charge on any atom is -0.481 e. The molecule has 0 unspecified atom stereocenters. The molecule has 0 saturated carbocycles. The Kier molecular flexibility index (Phi) is 13.5. The number of aliphatic carboxylic acids is 1. The first kappa shape index (κ1) is 18.9. The number of carboxylic acids is 1. The number of ether oxygens (including phenoxy) is 2. The molecule has 6 heteroatoms. The number of hydrogen-bond acceptors (Lipinski definition) is 4. The second kappa shape index (κ2) is 14.3. The summed E-state index contributed by atoms with van der Waals surface area (Å²) in [5.41, 5.74) is 0. The van der Waals surface area contributed by atoms with Crippen LogP contribution in [0.2, 0.25) is 0 Å². The van der Waals surface area contributed by atoms with Gasteiger partial charge in [-0.2, -0.15) is 0 Å². The monoisotopic (exact) mass is 289 g/mol. The number of unbranched alkanes of at least 4 members (excludes halogenated alkanes) is 2. The fraction of sp³-hybridized carbons (Fsp3) is 0.857. The second-order valence-corrected chi connectivity index (χ2v) is 4.53. The van der Waals surface area contributed by atoms with Crippen molar-refractivity contribution in [2.24, 2.45) is 0 Å². The first-order chi connectivity index (χ1) is 9.66. The summed E-state index contributed by atoms with van der Waals surface area (Å²) in [4.78, 5) is 21.4. The Morgan fingerprint density at radius 2 is 1.60 bits per heavy atom. The van der Waals surface area contributed by atoms with Crippen LogP contribution in [0.25, 0.3) is 0 Å². The molecular formula is C14H27NO5. The number of rotatable bonds is 14. The highest BCUT2D eigenvalue weighted by Crippen LogP contribution is 1.94. The highest BCUT2D eigenvalue weighted by Gasteiger charge is 2.03. The molecule has 20 heavy (non-hydrogen) atoms. The number of hydrogen-bond donors (Lipinski definition) is 2. The van der Waals surface area contributed by atoms with Crippen LogP contribution in [0.1, 0.15) is 45.4 Å². The van der Waals surface area contributed by atoms with Gasteiger partial charge in [-0.1, -0.05) is 19.8 Å². The molecule has 118 valence electrons. The van der Waals surface area contributed by atoms with E-state index in [0.717, 1.165) is 13.0 Å². The van der Waals surface area contributed by atoms with Gasteiger partial charge in [0.1, 0.15) is 0 Å². The first-order valence-corrected chi connectivity index (χ1v) is 7.30. The molecule has 0 heterocycles. The van der Waals surface area contributed by atoms with Crippen LogP contribution in [0.15, 0.2) is 0 Å². The second-order valence-electron chi connectivity index (χ2n) is 4.53. The van der Waals surface area contributed by atoms with E-state index < -0.39 is 5.97 Å². The molecule has 0 aromatic rings. The molecule has 0 aromatic heterocycles. The maximum atomic E-state index is 11.2. The number of amides is 1. The van der Waals surface area contributed by atoms with Gasteiger partial charge in [0.25, 0.3) is 0 Å². The molecule has 0 fully saturated rings. The van der Waals surface area contributed by atoms with Crippen LogP contribution in [0.4, 0.5) is 0 Å². The smallest absolute Gasteiger partial charge is 0.303 e. The van der Waals surface area contributed by atoms with Crippen LogP contribution in [0.3, 0.4) is 0 Å². The van der Waals surface area contributed by atoms with Gasteiger partial charge >= 0.3 is 5.97 Å². The van der Waals surface area contributed by atoms with E-state index >= 15 is 0 Å². The van der Waals surface area contributed by atoms with Gasteiger partial charge in [-0.05, 0) is 12.8 Å². The highest BCUT2D eigenvalue weighted by molar-refractivity contribution is 5.80. The van der Waals surface area contributed by atoms with Crippen molar-refractivity contribution in [3.8, 4) is 0 Å². The molecule has 6 nitrogen and oxygen atoms in total. The molecule has 0 saturated heterocycles. The average molecular weight is 289 g/mol. The predicted octanol–water partition coefficient (Wildman–Crippen LogP) is 1.58. The lowest BCUT2D eigenvalue weighted by molar-refractivity contribution is -0.138. The normalized spacial score (nSPS) is 10.4. The minimum absolute atomic E-state index is 0.0296. The minimum atomic E-state index is -0.956. The van der Waals surface area contributed by atoms with Crippen molar-refractivity contribution >= 4 is 11.9 Å². The molecule has 2 N–H and O–H groups in total. The maximum absolute atomic E-state index is 11.2. The van der Waals surface area contributed by atoms with Gasteiger partial charge in [0.05, 0.1) is 19.6 Å². The summed E-state index contributed by atoms with van der Waals surface area (Å²) in [6.45, 7) is 5.20. The summed E-state index contributed by atoms with van der Waals surface area (Å²) >= 11 is 0. The Labute approximate surface area is 120 Å². The van der Waals surface area contributed by atoms with Crippen LogP contribution in [-0.2, 0) is 19.1 Å². The van der Waals surface area contributed by atoms with Crippen molar-refractivity contribution in [1.29, 1.82) is 0 Å². The number of nitrogens with one attached hydrogen (secondary N) is 1. The molecule has 0 atom stereocenters. The molecule has 0 aliphatic heterocycles. The van der Waals surface area contributed by atoms with E-state index in [1.807, 2.05) is 0 Å². The van der Waals surface area contributed by atoms with Crippen LogP contribution in [0.5, 0.6) is 0 Å². The predicted molar refractivity (Wildman–Crippen MR) is 75.7 cm³/mol. The highest BCUT2D eigenvalue weighted by atomic mass is 16.5. The number of carboxylic acid groups (broad SMARTS) is 1. The Bertz CT molecular complexity index is 258.